The van der Waals surface area contributed by atoms with E-state index in [4.69, 9.17) is 16.3 Å². The maximum Gasteiger partial charge on any atom is 0.244 e. The fourth-order valence-electron chi connectivity index (χ4n) is 2.87. The van der Waals surface area contributed by atoms with Gasteiger partial charge in [-0.25, -0.2) is 4.98 Å². The molecule has 4 rings (SSSR count). The van der Waals surface area contributed by atoms with Crippen LogP contribution in [0.4, 0.5) is 5.69 Å². The van der Waals surface area contributed by atoms with Gasteiger partial charge >= 0.3 is 0 Å². The zero-order chi connectivity index (χ0) is 19.3. The van der Waals surface area contributed by atoms with Crippen LogP contribution in [0.15, 0.2) is 73.1 Å². The number of halogens is 1. The first-order valence-corrected chi connectivity index (χ1v) is 9.09. The molecule has 0 fully saturated rings. The zero-order valence-corrected chi connectivity index (χ0v) is 15.6. The zero-order valence-electron chi connectivity index (χ0n) is 14.9. The second kappa shape index (κ2) is 8.10. The number of rotatable bonds is 6. The first-order chi connectivity index (χ1) is 13.7. The van der Waals surface area contributed by atoms with Crippen molar-refractivity contribution in [1.29, 1.82) is 0 Å². The van der Waals surface area contributed by atoms with Gasteiger partial charge in [0.25, 0.3) is 0 Å². The van der Waals surface area contributed by atoms with Crippen LogP contribution in [-0.4, -0.2) is 20.4 Å². The lowest BCUT2D eigenvalue weighted by atomic mass is 10.3. The van der Waals surface area contributed by atoms with Gasteiger partial charge < -0.3 is 14.6 Å². The number of anilines is 1. The van der Waals surface area contributed by atoms with E-state index >= 15 is 0 Å². The van der Waals surface area contributed by atoms with Gasteiger partial charge in [-0.2, -0.15) is 0 Å². The van der Waals surface area contributed by atoms with Crippen LogP contribution in [0.1, 0.15) is 5.82 Å². The molecule has 0 aliphatic carbocycles. The lowest BCUT2D eigenvalue weighted by Gasteiger charge is -2.11. The molecule has 0 aliphatic rings. The second-order valence-electron chi connectivity index (χ2n) is 6.14. The number of nitrogens with zero attached hydrogens (tertiary/aromatic N) is 3. The summed E-state index contributed by atoms with van der Waals surface area (Å²) < 4.78 is 7.69. The molecule has 1 N–H and O–H groups in total. The minimum atomic E-state index is -0.163. The number of amides is 1. The normalized spacial score (nSPS) is 10.8. The highest BCUT2D eigenvalue weighted by Gasteiger charge is 2.14. The summed E-state index contributed by atoms with van der Waals surface area (Å²) in [5.74, 6) is 1.18. The standard InChI is InChI=1S/C21H17ClN4O2/c22-15-7-9-17(10-8-15)28-14-20-25-18-5-1-2-6-19(18)26(20)13-21(27)24-16-4-3-11-23-12-16/h1-12H,13-14H2,(H,24,27). The SMILES string of the molecule is O=C(Cn1c(COc2ccc(Cl)cc2)nc2ccccc21)Nc1cccnc1. The fraction of sp³-hybridized carbons (Fsp3) is 0.0952. The Labute approximate surface area is 166 Å². The summed E-state index contributed by atoms with van der Waals surface area (Å²) in [5.41, 5.74) is 2.33. The smallest absolute Gasteiger partial charge is 0.244 e. The first kappa shape index (κ1) is 18.0. The molecule has 0 aliphatic heterocycles. The summed E-state index contributed by atoms with van der Waals surface area (Å²) in [6.45, 7) is 0.352. The summed E-state index contributed by atoms with van der Waals surface area (Å²) in [7, 11) is 0. The number of para-hydroxylation sites is 2. The van der Waals surface area contributed by atoms with Crippen LogP contribution in [0.25, 0.3) is 11.0 Å². The molecule has 4 aromatic rings. The number of ether oxygens (including phenoxy) is 1. The van der Waals surface area contributed by atoms with E-state index in [1.165, 1.54) is 0 Å². The number of hydrogen-bond acceptors (Lipinski definition) is 4. The topological polar surface area (TPSA) is 69.0 Å². The third kappa shape index (κ3) is 4.13. The monoisotopic (exact) mass is 392 g/mol. The van der Waals surface area contributed by atoms with Crippen molar-refractivity contribution in [3.05, 3.63) is 83.9 Å². The van der Waals surface area contributed by atoms with Crippen molar-refractivity contribution in [2.45, 2.75) is 13.2 Å². The predicted octanol–water partition coefficient (Wildman–Crippen LogP) is 4.30. The van der Waals surface area contributed by atoms with E-state index in [-0.39, 0.29) is 19.1 Å². The van der Waals surface area contributed by atoms with Gasteiger partial charge in [0, 0.05) is 11.2 Å². The number of fused-ring (bicyclic) bond motifs is 1. The Balaban J connectivity index is 1.56. The Morgan fingerprint density at radius 3 is 2.68 bits per heavy atom. The highest BCUT2D eigenvalue weighted by molar-refractivity contribution is 6.30. The lowest BCUT2D eigenvalue weighted by molar-refractivity contribution is -0.116. The highest BCUT2D eigenvalue weighted by Crippen LogP contribution is 2.20. The van der Waals surface area contributed by atoms with Crippen molar-refractivity contribution in [2.24, 2.45) is 0 Å². The van der Waals surface area contributed by atoms with Gasteiger partial charge in [-0.1, -0.05) is 23.7 Å². The van der Waals surface area contributed by atoms with Crippen LogP contribution in [-0.2, 0) is 17.9 Å². The van der Waals surface area contributed by atoms with E-state index in [1.807, 2.05) is 28.8 Å². The maximum atomic E-state index is 12.5. The van der Waals surface area contributed by atoms with Crippen LogP contribution < -0.4 is 10.1 Å². The first-order valence-electron chi connectivity index (χ1n) is 8.71. The molecule has 2 aromatic heterocycles. The van der Waals surface area contributed by atoms with Crippen LogP contribution in [0.3, 0.4) is 0 Å². The second-order valence-corrected chi connectivity index (χ2v) is 6.57. The van der Waals surface area contributed by atoms with E-state index in [0.29, 0.717) is 22.3 Å². The molecule has 0 bridgehead atoms. The van der Waals surface area contributed by atoms with Crippen LogP contribution in [0.2, 0.25) is 5.02 Å². The van der Waals surface area contributed by atoms with Gasteiger partial charge in [0.2, 0.25) is 5.91 Å². The Morgan fingerprint density at radius 1 is 1.07 bits per heavy atom. The van der Waals surface area contributed by atoms with E-state index in [0.717, 1.165) is 11.0 Å². The number of nitrogens with one attached hydrogen (secondary N) is 1. The van der Waals surface area contributed by atoms with Gasteiger partial charge in [-0.15, -0.1) is 0 Å². The lowest BCUT2D eigenvalue weighted by Crippen LogP contribution is -2.20. The number of benzene rings is 2. The van der Waals surface area contributed by atoms with Crippen molar-refractivity contribution < 1.29 is 9.53 Å². The number of hydrogen-bond donors (Lipinski definition) is 1. The molecule has 2 aromatic carbocycles. The Bertz CT molecular complexity index is 1090. The number of carbonyl (C=O) groups excluding carboxylic acids is 1. The molecule has 0 saturated carbocycles. The van der Waals surface area contributed by atoms with E-state index in [1.54, 1.807) is 48.8 Å². The average Bonchev–Trinajstić information content (AvgIpc) is 3.06. The molecule has 28 heavy (non-hydrogen) atoms. The van der Waals surface area contributed by atoms with Crippen LogP contribution in [0, 0.1) is 0 Å². The van der Waals surface area contributed by atoms with E-state index in [9.17, 15) is 4.79 Å². The quantitative estimate of drug-likeness (QED) is 0.531. The number of imidazole rings is 1. The number of aromatic nitrogens is 3. The molecule has 7 heteroatoms. The molecule has 6 nitrogen and oxygen atoms in total. The van der Waals surface area contributed by atoms with Crippen LogP contribution >= 0.6 is 11.6 Å². The Kier molecular flexibility index (Phi) is 5.21. The number of carbonyl (C=O) groups is 1. The van der Waals surface area contributed by atoms with E-state index < -0.39 is 0 Å². The Morgan fingerprint density at radius 2 is 1.89 bits per heavy atom. The molecule has 0 saturated heterocycles. The summed E-state index contributed by atoms with van der Waals surface area (Å²) in [6.07, 6.45) is 3.26. The van der Waals surface area contributed by atoms with Crippen LogP contribution in [0.5, 0.6) is 5.75 Å². The summed E-state index contributed by atoms with van der Waals surface area (Å²) in [5, 5.41) is 3.49. The third-order valence-electron chi connectivity index (χ3n) is 4.16. The molecule has 0 radical (unpaired) electrons. The van der Waals surface area contributed by atoms with Crippen molar-refractivity contribution >= 4 is 34.2 Å². The fourth-order valence-corrected chi connectivity index (χ4v) is 3.00. The molecule has 1 amide bonds. The molecular weight excluding hydrogens is 376 g/mol. The summed E-state index contributed by atoms with van der Waals surface area (Å²) in [4.78, 5) is 21.2. The predicted molar refractivity (Wildman–Crippen MR) is 108 cm³/mol. The van der Waals surface area contributed by atoms with Crippen molar-refractivity contribution in [1.82, 2.24) is 14.5 Å². The van der Waals surface area contributed by atoms with Crippen molar-refractivity contribution in [3.8, 4) is 5.75 Å². The highest BCUT2D eigenvalue weighted by atomic mass is 35.5. The van der Waals surface area contributed by atoms with Gasteiger partial charge in [0.05, 0.1) is 22.9 Å². The minimum absolute atomic E-state index is 0.120. The van der Waals surface area contributed by atoms with Gasteiger partial charge in [0.15, 0.2) is 0 Å². The minimum Gasteiger partial charge on any atom is -0.486 e. The summed E-state index contributed by atoms with van der Waals surface area (Å²) >= 11 is 5.91. The summed E-state index contributed by atoms with van der Waals surface area (Å²) in [6, 6.07) is 18.4. The molecule has 0 atom stereocenters. The average molecular weight is 393 g/mol. The molecule has 0 spiro atoms. The largest absolute Gasteiger partial charge is 0.486 e. The molecule has 2 heterocycles. The van der Waals surface area contributed by atoms with E-state index in [2.05, 4.69) is 15.3 Å². The van der Waals surface area contributed by atoms with Gasteiger partial charge in [0.1, 0.15) is 24.7 Å². The Hall–Kier alpha value is -3.38. The molecular formula is C21H17ClN4O2. The van der Waals surface area contributed by atoms with Gasteiger partial charge in [-0.3, -0.25) is 9.78 Å². The number of pyridine rings is 1. The third-order valence-corrected chi connectivity index (χ3v) is 4.41. The van der Waals surface area contributed by atoms with Gasteiger partial charge in [-0.05, 0) is 48.5 Å². The molecule has 140 valence electrons. The van der Waals surface area contributed by atoms with Crippen molar-refractivity contribution in [3.63, 3.8) is 0 Å². The molecule has 0 unspecified atom stereocenters. The van der Waals surface area contributed by atoms with Crippen molar-refractivity contribution in [2.75, 3.05) is 5.32 Å². The maximum absolute atomic E-state index is 12.5.